The summed E-state index contributed by atoms with van der Waals surface area (Å²) in [4.78, 5) is 24.1. The Labute approximate surface area is 152 Å². The van der Waals surface area contributed by atoms with Crippen molar-refractivity contribution < 1.29 is 14.3 Å². The van der Waals surface area contributed by atoms with Crippen LogP contribution in [0.2, 0.25) is 0 Å². The van der Waals surface area contributed by atoms with Gasteiger partial charge >= 0.3 is 0 Å². The number of anilines is 2. The summed E-state index contributed by atoms with van der Waals surface area (Å²) in [7, 11) is 1.48. The normalized spacial score (nSPS) is 12.6. The summed E-state index contributed by atoms with van der Waals surface area (Å²) in [6.45, 7) is 1.88. The third-order valence-electron chi connectivity index (χ3n) is 3.38. The number of carbonyl (C=O) groups excluding carboxylic acids is 2. The molecule has 0 aliphatic carbocycles. The molecule has 0 aliphatic rings. The van der Waals surface area contributed by atoms with Crippen LogP contribution in [-0.2, 0) is 14.3 Å². The number of nitrogens with one attached hydrogen (secondary N) is 2. The van der Waals surface area contributed by atoms with E-state index in [9.17, 15) is 9.59 Å². The highest BCUT2D eigenvalue weighted by Gasteiger charge is 2.16. The molecule has 25 heavy (non-hydrogen) atoms. The Bertz CT molecular complexity index is 693. The van der Waals surface area contributed by atoms with E-state index in [1.165, 1.54) is 7.11 Å². The van der Waals surface area contributed by atoms with Crippen LogP contribution in [0.25, 0.3) is 0 Å². The predicted octanol–water partition coefficient (Wildman–Crippen LogP) is 1.42. The number of methoxy groups -OCH3 is 1. The lowest BCUT2D eigenvalue weighted by molar-refractivity contribution is -0.119. The van der Waals surface area contributed by atoms with E-state index in [0.29, 0.717) is 11.4 Å². The molecule has 8 nitrogen and oxygen atoms in total. The van der Waals surface area contributed by atoms with Gasteiger partial charge < -0.3 is 21.1 Å². The zero-order chi connectivity index (χ0) is 17.5. The zero-order valence-electron chi connectivity index (χ0n) is 14.0. The van der Waals surface area contributed by atoms with E-state index in [1.54, 1.807) is 54.3 Å². The molecule has 0 bridgehead atoms. The van der Waals surface area contributed by atoms with E-state index in [4.69, 9.17) is 10.5 Å². The predicted molar refractivity (Wildman–Crippen MR) is 97.7 cm³/mol. The maximum absolute atomic E-state index is 12.2. The van der Waals surface area contributed by atoms with Crippen LogP contribution in [-0.4, -0.2) is 41.4 Å². The zero-order valence-corrected chi connectivity index (χ0v) is 14.8. The van der Waals surface area contributed by atoms with Crippen molar-refractivity contribution in [3.63, 3.8) is 0 Å². The first-order chi connectivity index (χ1) is 11.5. The van der Waals surface area contributed by atoms with Gasteiger partial charge in [-0.1, -0.05) is 6.07 Å². The van der Waals surface area contributed by atoms with E-state index in [-0.39, 0.29) is 30.8 Å². The number of benzene rings is 1. The average Bonchev–Trinajstić information content (AvgIpc) is 3.09. The van der Waals surface area contributed by atoms with Crippen molar-refractivity contribution in [3.05, 3.63) is 42.7 Å². The highest BCUT2D eigenvalue weighted by Crippen LogP contribution is 2.17. The lowest BCUT2D eigenvalue weighted by Gasteiger charge is -2.14. The SMILES string of the molecule is COCC(N)C(=O)Nc1cccc(NC(=O)C(C)n2cccn2)c1.Cl. The number of halogens is 1. The van der Waals surface area contributed by atoms with Gasteiger partial charge in [-0.05, 0) is 31.2 Å². The van der Waals surface area contributed by atoms with Gasteiger partial charge in [-0.15, -0.1) is 12.4 Å². The van der Waals surface area contributed by atoms with Crippen LogP contribution in [0.15, 0.2) is 42.7 Å². The minimum Gasteiger partial charge on any atom is -0.383 e. The van der Waals surface area contributed by atoms with Crippen molar-refractivity contribution in [2.24, 2.45) is 5.73 Å². The molecule has 1 heterocycles. The van der Waals surface area contributed by atoms with Crippen LogP contribution in [0.3, 0.4) is 0 Å². The van der Waals surface area contributed by atoms with Crippen LogP contribution in [0, 0.1) is 0 Å². The number of aromatic nitrogens is 2. The lowest BCUT2D eigenvalue weighted by atomic mass is 10.2. The van der Waals surface area contributed by atoms with Gasteiger partial charge in [-0.3, -0.25) is 14.3 Å². The van der Waals surface area contributed by atoms with Crippen molar-refractivity contribution >= 4 is 35.6 Å². The third-order valence-corrected chi connectivity index (χ3v) is 3.38. The highest BCUT2D eigenvalue weighted by molar-refractivity contribution is 5.97. The molecule has 2 amide bonds. The van der Waals surface area contributed by atoms with E-state index in [1.807, 2.05) is 0 Å². The Balaban J connectivity index is 0.00000312. The Hall–Kier alpha value is -2.42. The fraction of sp³-hybridized carbons (Fsp3) is 0.312. The van der Waals surface area contributed by atoms with Gasteiger partial charge in [0.2, 0.25) is 11.8 Å². The van der Waals surface area contributed by atoms with Gasteiger partial charge in [0, 0.05) is 30.9 Å². The van der Waals surface area contributed by atoms with Gasteiger partial charge in [0.25, 0.3) is 0 Å². The Morgan fingerprint density at radius 3 is 2.44 bits per heavy atom. The minimum atomic E-state index is -0.756. The fourth-order valence-electron chi connectivity index (χ4n) is 2.04. The molecule has 0 fully saturated rings. The number of nitrogens with zero attached hydrogens (tertiary/aromatic N) is 2. The molecule has 4 N–H and O–H groups in total. The number of carbonyl (C=O) groups is 2. The van der Waals surface area contributed by atoms with Crippen molar-refractivity contribution in [3.8, 4) is 0 Å². The highest BCUT2D eigenvalue weighted by atomic mass is 35.5. The summed E-state index contributed by atoms with van der Waals surface area (Å²) in [5.74, 6) is -0.566. The van der Waals surface area contributed by atoms with Crippen molar-refractivity contribution in [2.45, 2.75) is 19.0 Å². The summed E-state index contributed by atoms with van der Waals surface area (Å²) >= 11 is 0. The van der Waals surface area contributed by atoms with Crippen LogP contribution in [0.4, 0.5) is 11.4 Å². The second-order valence-electron chi connectivity index (χ2n) is 5.28. The summed E-state index contributed by atoms with van der Waals surface area (Å²) in [6, 6.07) is 7.38. The third kappa shape index (κ3) is 5.86. The van der Waals surface area contributed by atoms with E-state index < -0.39 is 12.1 Å². The molecule has 9 heteroatoms. The first kappa shape index (κ1) is 20.6. The number of nitrogens with two attached hydrogens (primary N) is 1. The molecule has 1 aromatic heterocycles. The van der Waals surface area contributed by atoms with E-state index in [0.717, 1.165) is 0 Å². The summed E-state index contributed by atoms with van der Waals surface area (Å²) in [6.07, 6.45) is 3.33. The average molecular weight is 368 g/mol. The first-order valence-corrected chi connectivity index (χ1v) is 7.46. The second-order valence-corrected chi connectivity index (χ2v) is 5.28. The molecule has 136 valence electrons. The number of ether oxygens (including phenoxy) is 1. The van der Waals surface area contributed by atoms with E-state index >= 15 is 0 Å². The van der Waals surface area contributed by atoms with Crippen molar-refractivity contribution in [1.29, 1.82) is 0 Å². The largest absolute Gasteiger partial charge is 0.383 e. The molecular formula is C16H22ClN5O3. The molecule has 0 radical (unpaired) electrons. The number of rotatable bonds is 7. The van der Waals surface area contributed by atoms with Crippen LogP contribution < -0.4 is 16.4 Å². The molecule has 2 unspecified atom stereocenters. The molecule has 0 saturated heterocycles. The lowest BCUT2D eigenvalue weighted by Crippen LogP contribution is -2.39. The van der Waals surface area contributed by atoms with Crippen LogP contribution in [0.1, 0.15) is 13.0 Å². The molecule has 0 saturated carbocycles. The molecule has 2 atom stereocenters. The van der Waals surface area contributed by atoms with Crippen molar-refractivity contribution in [1.82, 2.24) is 9.78 Å². The first-order valence-electron chi connectivity index (χ1n) is 7.46. The van der Waals surface area contributed by atoms with Gasteiger partial charge in [0.1, 0.15) is 12.1 Å². The minimum absolute atomic E-state index is 0. The molecular weight excluding hydrogens is 346 g/mol. The van der Waals surface area contributed by atoms with E-state index in [2.05, 4.69) is 15.7 Å². The summed E-state index contributed by atoms with van der Waals surface area (Å²) in [5, 5.41) is 9.52. The Kier molecular flexibility index (Phi) is 8.06. The molecule has 0 aliphatic heterocycles. The maximum Gasteiger partial charge on any atom is 0.248 e. The topological polar surface area (TPSA) is 111 Å². The summed E-state index contributed by atoms with van der Waals surface area (Å²) < 4.78 is 6.41. The summed E-state index contributed by atoms with van der Waals surface area (Å²) in [5.41, 5.74) is 6.78. The quantitative estimate of drug-likeness (QED) is 0.685. The van der Waals surface area contributed by atoms with Gasteiger partial charge in [0.15, 0.2) is 0 Å². The molecule has 2 rings (SSSR count). The Morgan fingerprint density at radius 2 is 1.88 bits per heavy atom. The fourth-order valence-corrected chi connectivity index (χ4v) is 2.04. The molecule has 0 spiro atoms. The number of hydrogen-bond acceptors (Lipinski definition) is 5. The Morgan fingerprint density at radius 1 is 1.24 bits per heavy atom. The molecule has 1 aromatic carbocycles. The van der Waals surface area contributed by atoms with Gasteiger partial charge in [-0.25, -0.2) is 0 Å². The second kappa shape index (κ2) is 9.77. The van der Waals surface area contributed by atoms with Crippen LogP contribution >= 0.6 is 12.4 Å². The van der Waals surface area contributed by atoms with Gasteiger partial charge in [0.05, 0.1) is 6.61 Å². The maximum atomic E-state index is 12.2. The monoisotopic (exact) mass is 367 g/mol. The van der Waals surface area contributed by atoms with Crippen molar-refractivity contribution in [2.75, 3.05) is 24.4 Å². The smallest absolute Gasteiger partial charge is 0.248 e. The standard InChI is InChI=1S/C16H21N5O3.ClH/c1-11(21-8-4-7-18-21)15(22)19-12-5-3-6-13(9-12)20-16(23)14(17)10-24-2;/h3-9,11,14H,10,17H2,1-2H3,(H,19,22)(H,20,23);1H. The number of hydrogen-bond donors (Lipinski definition) is 3. The van der Waals surface area contributed by atoms with Crippen LogP contribution in [0.5, 0.6) is 0 Å². The molecule has 2 aromatic rings. The number of amides is 2. The van der Waals surface area contributed by atoms with Gasteiger partial charge in [-0.2, -0.15) is 5.10 Å².